The van der Waals surface area contributed by atoms with Crippen LogP contribution in [0.25, 0.3) is 10.9 Å². The summed E-state index contributed by atoms with van der Waals surface area (Å²) in [6.45, 7) is 4.36. The summed E-state index contributed by atoms with van der Waals surface area (Å²) >= 11 is 1.62. The van der Waals surface area contributed by atoms with E-state index in [4.69, 9.17) is 0 Å². The summed E-state index contributed by atoms with van der Waals surface area (Å²) in [5.41, 5.74) is 1.08. The first kappa shape index (κ1) is 13.9. The van der Waals surface area contributed by atoms with Crippen molar-refractivity contribution in [3.63, 3.8) is 0 Å². The van der Waals surface area contributed by atoms with Crippen LogP contribution in [0, 0.1) is 5.92 Å². The number of fused-ring (bicyclic) bond motifs is 1. The molecule has 19 heavy (non-hydrogen) atoms. The molecule has 4 heteroatoms. The van der Waals surface area contributed by atoms with E-state index in [1.807, 2.05) is 18.2 Å². The van der Waals surface area contributed by atoms with Crippen LogP contribution in [0.5, 0.6) is 0 Å². The molecule has 0 bridgehead atoms. The molecule has 0 saturated carbocycles. The third-order valence-electron chi connectivity index (χ3n) is 2.87. The number of thioether (sulfide) groups is 1. The van der Waals surface area contributed by atoms with Crippen molar-refractivity contribution in [1.82, 2.24) is 4.98 Å². The third-order valence-corrected chi connectivity index (χ3v) is 3.81. The van der Waals surface area contributed by atoms with E-state index >= 15 is 0 Å². The summed E-state index contributed by atoms with van der Waals surface area (Å²) in [6.07, 6.45) is 1.10. The van der Waals surface area contributed by atoms with E-state index in [0.717, 1.165) is 22.7 Å². The normalized spacial score (nSPS) is 11.1. The summed E-state index contributed by atoms with van der Waals surface area (Å²) in [7, 11) is 0. The van der Waals surface area contributed by atoms with Crippen LogP contribution in [-0.4, -0.2) is 21.8 Å². The molecule has 1 N–H and O–H groups in total. The summed E-state index contributed by atoms with van der Waals surface area (Å²) in [5.74, 6) is 0.707. The highest BCUT2D eigenvalue weighted by atomic mass is 32.2. The van der Waals surface area contributed by atoms with Gasteiger partial charge in [0.05, 0.1) is 16.1 Å². The summed E-state index contributed by atoms with van der Waals surface area (Å²) in [5, 5.41) is 10.8. The maximum Gasteiger partial charge on any atom is 0.336 e. The van der Waals surface area contributed by atoms with Gasteiger partial charge in [0.1, 0.15) is 0 Å². The van der Waals surface area contributed by atoms with Gasteiger partial charge in [-0.2, -0.15) is 0 Å². The van der Waals surface area contributed by atoms with Crippen LogP contribution in [0.1, 0.15) is 30.6 Å². The third kappa shape index (κ3) is 3.47. The highest BCUT2D eigenvalue weighted by Crippen LogP contribution is 2.25. The molecule has 0 aliphatic carbocycles. The molecule has 0 fully saturated rings. The Morgan fingerprint density at radius 1 is 1.37 bits per heavy atom. The van der Waals surface area contributed by atoms with Gasteiger partial charge in [0, 0.05) is 5.39 Å². The number of hydrogen-bond acceptors (Lipinski definition) is 3. The minimum absolute atomic E-state index is 0.331. The quantitative estimate of drug-likeness (QED) is 0.836. The monoisotopic (exact) mass is 275 g/mol. The summed E-state index contributed by atoms with van der Waals surface area (Å²) in [6, 6.07) is 9.05. The summed E-state index contributed by atoms with van der Waals surface area (Å²) < 4.78 is 0. The van der Waals surface area contributed by atoms with E-state index in [9.17, 15) is 9.90 Å². The van der Waals surface area contributed by atoms with Gasteiger partial charge in [-0.1, -0.05) is 32.0 Å². The molecule has 3 nitrogen and oxygen atoms in total. The van der Waals surface area contributed by atoms with Gasteiger partial charge >= 0.3 is 5.97 Å². The maximum absolute atomic E-state index is 11.3. The molecule has 0 aliphatic rings. The largest absolute Gasteiger partial charge is 0.478 e. The Kier molecular flexibility index (Phi) is 4.43. The van der Waals surface area contributed by atoms with E-state index < -0.39 is 5.97 Å². The maximum atomic E-state index is 11.3. The van der Waals surface area contributed by atoms with Crippen LogP contribution in [-0.2, 0) is 0 Å². The number of carboxylic acid groups (broad SMARTS) is 1. The van der Waals surface area contributed by atoms with E-state index in [0.29, 0.717) is 16.9 Å². The van der Waals surface area contributed by atoms with Gasteiger partial charge in [0.2, 0.25) is 0 Å². The highest BCUT2D eigenvalue weighted by molar-refractivity contribution is 7.99. The van der Waals surface area contributed by atoms with Crippen LogP contribution in [0.2, 0.25) is 0 Å². The Morgan fingerprint density at radius 3 is 2.79 bits per heavy atom. The van der Waals surface area contributed by atoms with Gasteiger partial charge in [-0.05, 0) is 30.2 Å². The Hall–Kier alpha value is -1.55. The number of aromatic nitrogens is 1. The second-order valence-corrected chi connectivity index (χ2v) is 5.98. The van der Waals surface area contributed by atoms with Gasteiger partial charge in [0.25, 0.3) is 0 Å². The predicted molar refractivity (Wildman–Crippen MR) is 78.9 cm³/mol. The molecular formula is C15H17NO2S. The zero-order chi connectivity index (χ0) is 13.8. The molecule has 0 unspecified atom stereocenters. The lowest BCUT2D eigenvalue weighted by Gasteiger charge is -2.07. The topological polar surface area (TPSA) is 50.2 Å². The predicted octanol–water partition coefficient (Wildman–Crippen LogP) is 4.07. The lowest BCUT2D eigenvalue weighted by atomic mass is 10.1. The first-order chi connectivity index (χ1) is 9.08. The van der Waals surface area contributed by atoms with Crippen LogP contribution >= 0.6 is 11.8 Å². The number of carboxylic acids is 1. The Balaban J connectivity index is 2.33. The number of para-hydroxylation sites is 1. The average molecular weight is 275 g/mol. The van der Waals surface area contributed by atoms with Crippen LogP contribution in [0.3, 0.4) is 0 Å². The number of pyridine rings is 1. The molecule has 1 aromatic heterocycles. The second kappa shape index (κ2) is 6.06. The molecule has 0 radical (unpaired) electrons. The molecule has 0 atom stereocenters. The fraction of sp³-hybridized carbons (Fsp3) is 0.333. The van der Waals surface area contributed by atoms with Crippen LogP contribution in [0.15, 0.2) is 35.4 Å². The zero-order valence-corrected chi connectivity index (χ0v) is 11.9. The van der Waals surface area contributed by atoms with Crippen molar-refractivity contribution in [2.75, 3.05) is 5.75 Å². The number of aromatic carboxylic acids is 1. The molecular weight excluding hydrogens is 258 g/mol. The fourth-order valence-electron chi connectivity index (χ4n) is 1.80. The molecule has 0 aliphatic heterocycles. The van der Waals surface area contributed by atoms with Crippen LogP contribution in [0.4, 0.5) is 0 Å². The molecule has 0 amide bonds. The van der Waals surface area contributed by atoms with E-state index in [2.05, 4.69) is 18.8 Å². The Morgan fingerprint density at radius 2 is 2.11 bits per heavy atom. The standard InChI is InChI=1S/C15H17NO2S/c1-10(2)7-8-19-14-9-12(15(17)18)11-5-3-4-6-13(11)16-14/h3-6,9-10H,7-8H2,1-2H3,(H,17,18). The van der Waals surface area contributed by atoms with Crippen molar-refractivity contribution in [2.24, 2.45) is 5.92 Å². The van der Waals surface area contributed by atoms with Crippen molar-refractivity contribution < 1.29 is 9.90 Å². The molecule has 1 aromatic carbocycles. The summed E-state index contributed by atoms with van der Waals surface area (Å²) in [4.78, 5) is 15.8. The minimum atomic E-state index is -0.899. The number of hydrogen-bond donors (Lipinski definition) is 1. The highest BCUT2D eigenvalue weighted by Gasteiger charge is 2.11. The van der Waals surface area contributed by atoms with Gasteiger partial charge in [-0.15, -0.1) is 11.8 Å². The lowest BCUT2D eigenvalue weighted by molar-refractivity contribution is 0.0698. The van der Waals surface area contributed by atoms with E-state index in [1.54, 1.807) is 23.9 Å². The van der Waals surface area contributed by atoms with E-state index in [-0.39, 0.29) is 0 Å². The fourth-order valence-corrected chi connectivity index (χ4v) is 2.96. The van der Waals surface area contributed by atoms with E-state index in [1.165, 1.54) is 0 Å². The first-order valence-corrected chi connectivity index (χ1v) is 7.32. The number of carbonyl (C=O) groups is 1. The molecule has 0 saturated heterocycles. The van der Waals surface area contributed by atoms with Gasteiger partial charge in [-0.25, -0.2) is 9.78 Å². The van der Waals surface area contributed by atoms with Gasteiger partial charge in [-0.3, -0.25) is 0 Å². The van der Waals surface area contributed by atoms with Crippen molar-refractivity contribution in [1.29, 1.82) is 0 Å². The van der Waals surface area contributed by atoms with Crippen molar-refractivity contribution in [3.8, 4) is 0 Å². The van der Waals surface area contributed by atoms with Gasteiger partial charge in [0.15, 0.2) is 0 Å². The zero-order valence-electron chi connectivity index (χ0n) is 11.1. The lowest BCUT2D eigenvalue weighted by Crippen LogP contribution is -2.00. The number of benzene rings is 1. The molecule has 2 rings (SSSR count). The smallest absolute Gasteiger partial charge is 0.336 e. The Bertz CT molecular complexity index is 596. The average Bonchev–Trinajstić information content (AvgIpc) is 2.37. The molecule has 1 heterocycles. The second-order valence-electron chi connectivity index (χ2n) is 4.86. The first-order valence-electron chi connectivity index (χ1n) is 6.34. The van der Waals surface area contributed by atoms with Crippen molar-refractivity contribution >= 4 is 28.6 Å². The Labute approximate surface area is 117 Å². The van der Waals surface area contributed by atoms with Crippen LogP contribution < -0.4 is 0 Å². The number of rotatable bonds is 5. The molecule has 0 spiro atoms. The van der Waals surface area contributed by atoms with Crippen molar-refractivity contribution in [3.05, 3.63) is 35.9 Å². The minimum Gasteiger partial charge on any atom is -0.478 e. The number of nitrogens with zero attached hydrogens (tertiary/aromatic N) is 1. The van der Waals surface area contributed by atoms with Crippen molar-refractivity contribution in [2.45, 2.75) is 25.3 Å². The molecule has 100 valence electrons. The SMILES string of the molecule is CC(C)CCSc1cc(C(=O)O)c2ccccc2n1. The molecule has 2 aromatic rings. The van der Waals surface area contributed by atoms with Gasteiger partial charge < -0.3 is 5.11 Å².